The van der Waals surface area contributed by atoms with Gasteiger partial charge in [0.05, 0.1) is 23.9 Å². The van der Waals surface area contributed by atoms with Crippen molar-refractivity contribution in [1.82, 2.24) is 19.8 Å². The zero-order valence-electron chi connectivity index (χ0n) is 38.3. The van der Waals surface area contributed by atoms with E-state index in [0.717, 1.165) is 62.9 Å². The number of aromatic nitrogens is 2. The summed E-state index contributed by atoms with van der Waals surface area (Å²) in [7, 11) is 1.66. The number of alkyl carbamates (subject to hydrolysis) is 1. The Bertz CT molecular complexity index is 2440. The third-order valence-electron chi connectivity index (χ3n) is 11.4. The number of carbonyl (C=O) groups is 4. The molecule has 2 N–H and O–H groups in total. The summed E-state index contributed by atoms with van der Waals surface area (Å²) in [5.74, 6) is -1.55. The first-order chi connectivity index (χ1) is 30.4. The molecule has 0 unspecified atom stereocenters. The molecule has 3 heterocycles. The van der Waals surface area contributed by atoms with E-state index >= 15 is 0 Å². The lowest BCUT2D eigenvalue weighted by molar-refractivity contribution is -0.158. The van der Waals surface area contributed by atoms with Crippen LogP contribution in [0.25, 0.3) is 33.3 Å². The molecule has 2 amide bonds. The van der Waals surface area contributed by atoms with Crippen LogP contribution >= 0.6 is 0 Å². The van der Waals surface area contributed by atoms with Crippen molar-refractivity contribution in [2.75, 3.05) is 20.2 Å². The lowest BCUT2D eigenvalue weighted by Crippen LogP contribution is -2.43. The molecule has 1 aliphatic rings. The first-order valence-electron chi connectivity index (χ1n) is 22.1. The normalized spacial score (nSPS) is 15.3. The van der Waals surface area contributed by atoms with E-state index in [2.05, 4.69) is 35.0 Å². The zero-order chi connectivity index (χ0) is 46.2. The van der Waals surface area contributed by atoms with Gasteiger partial charge in [-0.25, -0.2) is 14.4 Å². The molecule has 2 aromatic heterocycles. The van der Waals surface area contributed by atoms with E-state index in [1.54, 1.807) is 18.2 Å². The number of carboxylic acids is 1. The quantitative estimate of drug-likeness (QED) is 0.0722. The second kappa shape index (κ2) is 20.5. The molecule has 0 spiro atoms. The van der Waals surface area contributed by atoms with E-state index in [0.29, 0.717) is 31.6 Å². The number of esters is 1. The zero-order valence-corrected chi connectivity index (χ0v) is 38.3. The number of methoxy groups -OCH3 is 1. The minimum atomic E-state index is -1.22. The number of likely N-dealkylation sites (tertiary alicyclic amines) is 1. The number of nitrogens with one attached hydrogen (secondary N) is 1. The van der Waals surface area contributed by atoms with Crippen LogP contribution < -0.4 is 5.32 Å². The van der Waals surface area contributed by atoms with E-state index in [9.17, 15) is 24.3 Å². The summed E-state index contributed by atoms with van der Waals surface area (Å²) in [5, 5.41) is 13.6. The van der Waals surface area contributed by atoms with Gasteiger partial charge in [-0.3, -0.25) is 9.78 Å². The number of fused-ring (bicyclic) bond motifs is 1. The lowest BCUT2D eigenvalue weighted by atomic mass is 9.91. The fourth-order valence-corrected chi connectivity index (χ4v) is 8.46. The van der Waals surface area contributed by atoms with Crippen molar-refractivity contribution in [3.05, 3.63) is 114 Å². The number of carbonyl (C=O) groups excluding carboxylic acids is 3. The van der Waals surface area contributed by atoms with E-state index < -0.39 is 29.3 Å². The molecular formula is C51H62N4O9. The van der Waals surface area contributed by atoms with Crippen molar-refractivity contribution < 1.29 is 43.2 Å². The molecule has 340 valence electrons. The first-order valence-corrected chi connectivity index (χ1v) is 22.1. The first kappa shape index (κ1) is 47.3. The summed E-state index contributed by atoms with van der Waals surface area (Å²) >= 11 is 0. The third-order valence-corrected chi connectivity index (χ3v) is 11.4. The van der Waals surface area contributed by atoms with Gasteiger partial charge in [-0.1, -0.05) is 60.7 Å². The Balaban J connectivity index is 1.30. The molecule has 64 heavy (non-hydrogen) atoms. The van der Waals surface area contributed by atoms with Gasteiger partial charge in [0.25, 0.3) is 0 Å². The Morgan fingerprint density at radius 1 is 0.906 bits per heavy atom. The van der Waals surface area contributed by atoms with Crippen molar-refractivity contribution in [2.24, 2.45) is 5.92 Å². The molecule has 13 nitrogen and oxygen atoms in total. The molecule has 1 aliphatic heterocycles. The molecule has 3 atom stereocenters. The fraction of sp³-hybridized carbons (Fsp3) is 0.431. The molecule has 13 heteroatoms. The Kier molecular flexibility index (Phi) is 15.2. The molecule has 0 saturated carbocycles. The average molecular weight is 875 g/mol. The van der Waals surface area contributed by atoms with Gasteiger partial charge in [-0.2, -0.15) is 0 Å². The fourth-order valence-electron chi connectivity index (χ4n) is 8.46. The molecule has 0 bridgehead atoms. The summed E-state index contributed by atoms with van der Waals surface area (Å²) in [6.45, 7) is 15.1. The van der Waals surface area contributed by atoms with Crippen LogP contribution in [0.1, 0.15) is 96.2 Å². The van der Waals surface area contributed by atoms with Crippen LogP contribution in [0.15, 0.2) is 91.1 Å². The molecular weight excluding hydrogens is 813 g/mol. The van der Waals surface area contributed by atoms with E-state index in [-0.39, 0.29) is 43.5 Å². The number of aliphatic carboxylic acids is 1. The average Bonchev–Trinajstić information content (AvgIpc) is 3.56. The molecule has 5 aromatic rings. The van der Waals surface area contributed by atoms with Crippen molar-refractivity contribution >= 4 is 35.0 Å². The Labute approximate surface area is 376 Å². The highest BCUT2D eigenvalue weighted by Gasteiger charge is 2.33. The maximum atomic E-state index is 13.8. The number of rotatable bonds is 16. The number of piperidine rings is 1. The number of benzene rings is 3. The summed E-state index contributed by atoms with van der Waals surface area (Å²) in [6, 6.07) is 25.8. The van der Waals surface area contributed by atoms with Gasteiger partial charge in [-0.05, 0) is 119 Å². The van der Waals surface area contributed by atoms with Crippen LogP contribution in [0.3, 0.4) is 0 Å². The standard InChI is InChI=1S/C51H62N4O9/c1-9-55-43-23-22-38(37-20-13-18-35(26-37)27-42(47(57)58)53-48(59)62-32-34-16-11-10-12-17-34)29-40(43)41(46(55)39-21-14-24-52-45(39)33(2)61-8)30-51(6,7)63-44(56)28-36-19-15-25-54(31-36)49(60)64-50(3,4)5/h10-14,16-18,20-24,26,29,33,36,42H,9,15,19,25,27-28,30-32H2,1-8H3,(H,53,59)(H,57,58)/t33-,36-,42-/m0/s1. The highest BCUT2D eigenvalue weighted by Crippen LogP contribution is 2.41. The van der Waals surface area contributed by atoms with Gasteiger partial charge in [0.15, 0.2) is 0 Å². The smallest absolute Gasteiger partial charge is 0.410 e. The lowest BCUT2D eigenvalue weighted by Gasteiger charge is -2.34. The van der Waals surface area contributed by atoms with Gasteiger partial charge in [0.2, 0.25) is 0 Å². The molecule has 1 saturated heterocycles. The van der Waals surface area contributed by atoms with Crippen LogP contribution in [-0.4, -0.2) is 81.1 Å². The third kappa shape index (κ3) is 12.1. The Morgan fingerprint density at radius 3 is 2.34 bits per heavy atom. The minimum absolute atomic E-state index is 0.0181. The van der Waals surface area contributed by atoms with E-state index in [1.807, 2.05) is 108 Å². The highest BCUT2D eigenvalue weighted by molar-refractivity contribution is 5.95. The van der Waals surface area contributed by atoms with Crippen LogP contribution in [0.5, 0.6) is 0 Å². The molecule has 0 radical (unpaired) electrons. The van der Waals surface area contributed by atoms with Gasteiger partial charge < -0.3 is 38.8 Å². The van der Waals surface area contributed by atoms with Crippen molar-refractivity contribution in [3.63, 3.8) is 0 Å². The highest BCUT2D eigenvalue weighted by atomic mass is 16.6. The topological polar surface area (TPSA) is 159 Å². The monoisotopic (exact) mass is 874 g/mol. The van der Waals surface area contributed by atoms with Crippen molar-refractivity contribution in [2.45, 2.75) is 117 Å². The summed E-state index contributed by atoms with van der Waals surface area (Å²) in [5.41, 5.74) is 6.33. The molecule has 6 rings (SSSR count). The maximum Gasteiger partial charge on any atom is 0.410 e. The number of amides is 2. The number of aryl methyl sites for hydroxylation is 1. The largest absolute Gasteiger partial charge is 0.480 e. The second-order valence-corrected chi connectivity index (χ2v) is 18.2. The van der Waals surface area contributed by atoms with Crippen LogP contribution in [0.2, 0.25) is 0 Å². The van der Waals surface area contributed by atoms with Crippen LogP contribution in [0, 0.1) is 5.92 Å². The molecule has 0 aliphatic carbocycles. The van der Waals surface area contributed by atoms with Crippen molar-refractivity contribution in [1.29, 1.82) is 0 Å². The Hall–Kier alpha value is -6.21. The number of hydrogen-bond donors (Lipinski definition) is 2. The summed E-state index contributed by atoms with van der Waals surface area (Å²) in [4.78, 5) is 58.1. The van der Waals surface area contributed by atoms with Gasteiger partial charge in [0.1, 0.15) is 23.9 Å². The second-order valence-electron chi connectivity index (χ2n) is 18.2. The SMILES string of the molecule is CCn1c(-c2cccnc2[C@H](C)OC)c(CC(C)(C)OC(=O)C[C@@H]2CCCN(C(=O)OC(C)(C)C)C2)c2cc(-c3cccc(C[C@H](NC(=O)OCc4ccccc4)C(=O)O)c3)ccc21. The van der Waals surface area contributed by atoms with Crippen LogP contribution in [-0.2, 0) is 54.5 Å². The van der Waals surface area contributed by atoms with E-state index in [4.69, 9.17) is 23.9 Å². The van der Waals surface area contributed by atoms with Gasteiger partial charge >= 0.3 is 24.1 Å². The molecule has 3 aromatic carbocycles. The molecule has 1 fully saturated rings. The summed E-state index contributed by atoms with van der Waals surface area (Å²) < 4.78 is 25.3. The summed E-state index contributed by atoms with van der Waals surface area (Å²) in [6.07, 6.45) is 2.45. The van der Waals surface area contributed by atoms with Gasteiger partial charge in [-0.15, -0.1) is 0 Å². The number of pyridine rings is 1. The Morgan fingerprint density at radius 2 is 1.64 bits per heavy atom. The number of ether oxygens (including phenoxy) is 4. The van der Waals surface area contributed by atoms with Crippen molar-refractivity contribution in [3.8, 4) is 22.4 Å². The van der Waals surface area contributed by atoms with Gasteiger partial charge in [0, 0.05) is 62.2 Å². The van der Waals surface area contributed by atoms with Crippen LogP contribution in [0.4, 0.5) is 9.59 Å². The maximum absolute atomic E-state index is 13.8. The minimum Gasteiger partial charge on any atom is -0.480 e. The number of hydrogen-bond acceptors (Lipinski definition) is 9. The van der Waals surface area contributed by atoms with E-state index in [1.165, 1.54) is 0 Å². The predicted octanol–water partition coefficient (Wildman–Crippen LogP) is 9.92. The number of nitrogens with zero attached hydrogens (tertiary/aromatic N) is 3. The predicted molar refractivity (Wildman–Crippen MR) is 246 cm³/mol. The number of carboxylic acid groups (broad SMARTS) is 1.